The first-order valence-corrected chi connectivity index (χ1v) is 2.93. The molecule has 0 rings (SSSR count). The van der Waals surface area contributed by atoms with Crippen molar-refractivity contribution < 1.29 is 15.0 Å². The summed E-state index contributed by atoms with van der Waals surface area (Å²) in [5.41, 5.74) is 0. The van der Waals surface area contributed by atoms with Gasteiger partial charge in [0, 0.05) is 6.08 Å². The Morgan fingerprint density at radius 1 is 1.36 bits per heavy atom. The maximum Gasteiger partial charge on any atom is 0.328 e. The van der Waals surface area contributed by atoms with Crippen LogP contribution in [0, 0.1) is 11.8 Å². The molecule has 0 aromatic rings. The predicted octanol–water partition coefficient (Wildman–Crippen LogP) is 0.179. The normalized spacial score (nSPS) is 9.91. The number of hydrogen-bond acceptors (Lipinski definition) is 2. The molecule has 0 fully saturated rings. The molecular formula is C8H8O3. The van der Waals surface area contributed by atoms with Gasteiger partial charge in [0.25, 0.3) is 0 Å². The Balaban J connectivity index is 3.72. The van der Waals surface area contributed by atoms with Gasteiger partial charge in [-0.05, 0) is 12.2 Å². The SMILES string of the molecule is O=C(O)/C=C\C#C/C=C/CO. The lowest BCUT2D eigenvalue weighted by molar-refractivity contribution is -0.131. The van der Waals surface area contributed by atoms with E-state index in [-0.39, 0.29) is 6.61 Å². The lowest BCUT2D eigenvalue weighted by atomic mass is 10.4. The molecule has 0 atom stereocenters. The number of carbonyl (C=O) groups is 1. The van der Waals surface area contributed by atoms with Crippen molar-refractivity contribution in [1.82, 2.24) is 0 Å². The summed E-state index contributed by atoms with van der Waals surface area (Å²) in [6.07, 6.45) is 5.08. The van der Waals surface area contributed by atoms with Crippen molar-refractivity contribution in [2.45, 2.75) is 0 Å². The van der Waals surface area contributed by atoms with Crippen molar-refractivity contribution in [3.8, 4) is 11.8 Å². The topological polar surface area (TPSA) is 57.5 Å². The van der Waals surface area contributed by atoms with Crippen LogP contribution in [0.15, 0.2) is 24.3 Å². The molecule has 2 N–H and O–H groups in total. The molecule has 11 heavy (non-hydrogen) atoms. The first-order valence-electron chi connectivity index (χ1n) is 2.93. The monoisotopic (exact) mass is 152 g/mol. The van der Waals surface area contributed by atoms with Crippen LogP contribution in [0.3, 0.4) is 0 Å². The molecule has 0 amide bonds. The molecule has 0 radical (unpaired) electrons. The molecule has 0 aliphatic carbocycles. The Morgan fingerprint density at radius 3 is 2.55 bits per heavy atom. The second-order valence-corrected chi connectivity index (χ2v) is 1.55. The largest absolute Gasteiger partial charge is 0.478 e. The van der Waals surface area contributed by atoms with Crippen LogP contribution in [0.5, 0.6) is 0 Å². The second kappa shape index (κ2) is 6.59. The number of aliphatic hydroxyl groups excluding tert-OH is 1. The van der Waals surface area contributed by atoms with E-state index in [4.69, 9.17) is 10.2 Å². The third-order valence-electron chi connectivity index (χ3n) is 0.699. The highest BCUT2D eigenvalue weighted by atomic mass is 16.4. The van der Waals surface area contributed by atoms with Crippen LogP contribution < -0.4 is 0 Å². The van der Waals surface area contributed by atoms with Gasteiger partial charge < -0.3 is 10.2 Å². The predicted molar refractivity (Wildman–Crippen MR) is 40.8 cm³/mol. The molecule has 0 spiro atoms. The van der Waals surface area contributed by atoms with Gasteiger partial charge in [-0.2, -0.15) is 0 Å². The van der Waals surface area contributed by atoms with Crippen molar-refractivity contribution in [3.63, 3.8) is 0 Å². The van der Waals surface area contributed by atoms with E-state index in [1.54, 1.807) is 0 Å². The van der Waals surface area contributed by atoms with E-state index < -0.39 is 5.97 Å². The Bertz CT molecular complexity index is 227. The van der Waals surface area contributed by atoms with Crippen LogP contribution in [0.4, 0.5) is 0 Å². The first kappa shape index (κ1) is 9.47. The minimum absolute atomic E-state index is 0.0582. The number of aliphatic hydroxyl groups is 1. The third-order valence-corrected chi connectivity index (χ3v) is 0.699. The average Bonchev–Trinajstić information content (AvgIpc) is 1.96. The number of carboxylic acid groups (broad SMARTS) is 1. The minimum atomic E-state index is -1.02. The summed E-state index contributed by atoms with van der Waals surface area (Å²) < 4.78 is 0. The van der Waals surface area contributed by atoms with Crippen LogP contribution in [0.1, 0.15) is 0 Å². The van der Waals surface area contributed by atoms with E-state index in [1.807, 2.05) is 0 Å². The highest BCUT2D eigenvalue weighted by molar-refractivity contribution is 5.80. The van der Waals surface area contributed by atoms with Gasteiger partial charge in [-0.15, -0.1) is 0 Å². The second-order valence-electron chi connectivity index (χ2n) is 1.55. The molecule has 3 heteroatoms. The first-order chi connectivity index (χ1) is 5.27. The number of allylic oxidation sites excluding steroid dienone is 2. The van der Waals surface area contributed by atoms with Gasteiger partial charge in [0.15, 0.2) is 0 Å². The zero-order valence-corrected chi connectivity index (χ0v) is 5.82. The van der Waals surface area contributed by atoms with Crippen molar-refractivity contribution >= 4 is 5.97 Å². The van der Waals surface area contributed by atoms with E-state index in [0.29, 0.717) is 0 Å². The van der Waals surface area contributed by atoms with Crippen molar-refractivity contribution in [3.05, 3.63) is 24.3 Å². The summed E-state index contributed by atoms with van der Waals surface area (Å²) in [6, 6.07) is 0. The molecule has 3 nitrogen and oxygen atoms in total. The van der Waals surface area contributed by atoms with Crippen LogP contribution in [0.25, 0.3) is 0 Å². The summed E-state index contributed by atoms with van der Waals surface area (Å²) in [7, 11) is 0. The molecule has 0 aliphatic heterocycles. The molecular weight excluding hydrogens is 144 g/mol. The van der Waals surface area contributed by atoms with Gasteiger partial charge in [0.2, 0.25) is 0 Å². The fourth-order valence-electron chi connectivity index (χ4n) is 0.321. The van der Waals surface area contributed by atoms with Crippen LogP contribution in [-0.2, 0) is 4.79 Å². The Labute approximate surface area is 64.7 Å². The molecule has 0 aliphatic rings. The van der Waals surface area contributed by atoms with Gasteiger partial charge in [-0.25, -0.2) is 4.79 Å². The number of carboxylic acids is 1. The van der Waals surface area contributed by atoms with Crippen molar-refractivity contribution in [1.29, 1.82) is 0 Å². The maximum atomic E-state index is 9.88. The van der Waals surface area contributed by atoms with Gasteiger partial charge in [-0.1, -0.05) is 17.9 Å². The molecule has 0 aromatic carbocycles. The average molecular weight is 152 g/mol. The summed E-state index contributed by atoms with van der Waals surface area (Å²) in [5.74, 6) is 3.92. The lowest BCUT2D eigenvalue weighted by Gasteiger charge is -1.71. The summed E-state index contributed by atoms with van der Waals surface area (Å²) in [5, 5.41) is 16.3. The molecule has 0 bridgehead atoms. The Morgan fingerprint density at radius 2 is 2.00 bits per heavy atom. The molecule has 58 valence electrons. The van der Waals surface area contributed by atoms with Gasteiger partial charge >= 0.3 is 5.97 Å². The molecule has 0 heterocycles. The minimum Gasteiger partial charge on any atom is -0.478 e. The summed E-state index contributed by atoms with van der Waals surface area (Å²) in [6.45, 7) is -0.0582. The lowest BCUT2D eigenvalue weighted by Crippen LogP contribution is -1.84. The highest BCUT2D eigenvalue weighted by Gasteiger charge is 1.78. The number of rotatable bonds is 2. The quantitative estimate of drug-likeness (QED) is 0.438. The van der Waals surface area contributed by atoms with E-state index >= 15 is 0 Å². The number of aliphatic carboxylic acids is 1. The fourth-order valence-corrected chi connectivity index (χ4v) is 0.321. The molecule has 0 unspecified atom stereocenters. The zero-order chi connectivity index (χ0) is 8.53. The van der Waals surface area contributed by atoms with E-state index in [2.05, 4.69) is 11.8 Å². The van der Waals surface area contributed by atoms with E-state index in [0.717, 1.165) is 6.08 Å². The smallest absolute Gasteiger partial charge is 0.328 e. The third kappa shape index (κ3) is 8.47. The zero-order valence-electron chi connectivity index (χ0n) is 5.82. The Hall–Kier alpha value is -1.53. The van der Waals surface area contributed by atoms with E-state index in [9.17, 15) is 4.79 Å². The highest BCUT2D eigenvalue weighted by Crippen LogP contribution is 1.71. The maximum absolute atomic E-state index is 9.88. The molecule has 0 aromatic heterocycles. The van der Waals surface area contributed by atoms with Gasteiger partial charge in [0.05, 0.1) is 6.61 Å². The van der Waals surface area contributed by atoms with Gasteiger partial charge in [0.1, 0.15) is 0 Å². The van der Waals surface area contributed by atoms with Crippen molar-refractivity contribution in [2.75, 3.05) is 6.61 Å². The van der Waals surface area contributed by atoms with E-state index in [1.165, 1.54) is 18.2 Å². The summed E-state index contributed by atoms with van der Waals surface area (Å²) >= 11 is 0. The standard InChI is InChI=1S/C8H8O3/c9-7-5-3-1-2-4-6-8(10)11/h3-6,9H,7H2,(H,10,11)/b5-3+,6-4-. The fraction of sp³-hybridized carbons (Fsp3) is 0.125. The Kier molecular flexibility index (Phi) is 5.67. The molecule has 0 saturated carbocycles. The molecule has 0 saturated heterocycles. The van der Waals surface area contributed by atoms with Crippen molar-refractivity contribution in [2.24, 2.45) is 0 Å². The van der Waals surface area contributed by atoms with Crippen LogP contribution in [-0.4, -0.2) is 22.8 Å². The number of hydrogen-bond donors (Lipinski definition) is 2. The summed E-state index contributed by atoms with van der Waals surface area (Å²) in [4.78, 5) is 9.88. The van der Waals surface area contributed by atoms with Crippen LogP contribution in [0.2, 0.25) is 0 Å². The van der Waals surface area contributed by atoms with Gasteiger partial charge in [-0.3, -0.25) is 0 Å². The van der Waals surface area contributed by atoms with Crippen LogP contribution >= 0.6 is 0 Å².